The minimum atomic E-state index is -0.242. The summed E-state index contributed by atoms with van der Waals surface area (Å²) in [6.07, 6.45) is 0.793. The number of hydrogen-bond donors (Lipinski definition) is 0. The lowest BCUT2D eigenvalue weighted by Gasteiger charge is -2.36. The van der Waals surface area contributed by atoms with Gasteiger partial charge in [-0.2, -0.15) is 10.1 Å². The van der Waals surface area contributed by atoms with Gasteiger partial charge in [-0.3, -0.25) is 4.79 Å². The van der Waals surface area contributed by atoms with Crippen molar-refractivity contribution in [2.75, 3.05) is 37.7 Å². The van der Waals surface area contributed by atoms with Crippen LogP contribution in [0.1, 0.15) is 23.7 Å². The summed E-state index contributed by atoms with van der Waals surface area (Å²) in [7, 11) is 0. The highest BCUT2D eigenvalue weighted by Crippen LogP contribution is 2.28. The van der Waals surface area contributed by atoms with Crippen molar-refractivity contribution in [1.82, 2.24) is 19.7 Å². The van der Waals surface area contributed by atoms with Crippen LogP contribution in [0.2, 0.25) is 0 Å². The number of hydrogen-bond acceptors (Lipinski definition) is 5. The minimum Gasteiger partial charge on any atom is -0.467 e. The molecule has 0 unspecified atom stereocenters. The van der Waals surface area contributed by atoms with Gasteiger partial charge >= 0.3 is 0 Å². The van der Waals surface area contributed by atoms with Gasteiger partial charge in [0.05, 0.1) is 17.1 Å². The van der Waals surface area contributed by atoms with E-state index in [1.807, 2.05) is 59.8 Å². The fraction of sp³-hybridized carbons (Fsp3) is 0.321. The molecule has 0 N–H and O–H groups in total. The van der Waals surface area contributed by atoms with E-state index < -0.39 is 0 Å². The van der Waals surface area contributed by atoms with E-state index in [0.717, 1.165) is 34.4 Å². The number of aromatic nitrogens is 3. The molecule has 2 aromatic carbocycles. The Hall–Kier alpha value is -3.94. The molecule has 7 nitrogen and oxygen atoms in total. The summed E-state index contributed by atoms with van der Waals surface area (Å²) in [6.45, 7) is 8.20. The summed E-state index contributed by atoms with van der Waals surface area (Å²) in [5.74, 6) is 0.0613. The lowest BCUT2D eigenvalue weighted by molar-refractivity contribution is -0.133. The van der Waals surface area contributed by atoms with Gasteiger partial charge in [-0.05, 0) is 50.1 Å². The largest absolute Gasteiger partial charge is 0.467 e. The van der Waals surface area contributed by atoms with E-state index in [4.69, 9.17) is 14.8 Å². The fourth-order valence-electron chi connectivity index (χ4n) is 4.70. The van der Waals surface area contributed by atoms with Gasteiger partial charge in [-0.1, -0.05) is 36.8 Å². The molecule has 8 heteroatoms. The molecule has 3 heterocycles. The first kappa shape index (κ1) is 23.8. The third-order valence-electron chi connectivity index (χ3n) is 6.70. The average Bonchev–Trinajstić information content (AvgIpc) is 3.24. The fourth-order valence-corrected chi connectivity index (χ4v) is 4.70. The lowest BCUT2D eigenvalue weighted by Crippen LogP contribution is -2.50. The molecule has 0 atom stereocenters. The van der Waals surface area contributed by atoms with Crippen molar-refractivity contribution in [2.24, 2.45) is 0 Å². The predicted molar refractivity (Wildman–Crippen MR) is 138 cm³/mol. The van der Waals surface area contributed by atoms with Crippen LogP contribution in [0.15, 0.2) is 54.6 Å². The van der Waals surface area contributed by atoms with Crippen molar-refractivity contribution in [3.05, 3.63) is 77.2 Å². The van der Waals surface area contributed by atoms with Crippen molar-refractivity contribution in [3.63, 3.8) is 0 Å². The van der Waals surface area contributed by atoms with Crippen molar-refractivity contribution in [3.8, 4) is 11.6 Å². The first-order chi connectivity index (χ1) is 17.4. The van der Waals surface area contributed by atoms with Crippen LogP contribution in [-0.2, 0) is 11.2 Å². The Bertz CT molecular complexity index is 1390. The van der Waals surface area contributed by atoms with Gasteiger partial charge < -0.3 is 14.5 Å². The van der Waals surface area contributed by atoms with Gasteiger partial charge in [0.25, 0.3) is 5.91 Å². The zero-order chi connectivity index (χ0) is 25.2. The molecule has 0 saturated carbocycles. The Balaban J connectivity index is 1.30. The molecule has 0 spiro atoms. The van der Waals surface area contributed by atoms with Gasteiger partial charge in [0, 0.05) is 37.6 Å². The van der Waals surface area contributed by atoms with Crippen LogP contribution in [0, 0.1) is 19.7 Å². The second kappa shape index (κ2) is 9.97. The number of anilines is 1. The van der Waals surface area contributed by atoms with Gasteiger partial charge in [-0.25, -0.2) is 9.07 Å². The number of halogens is 1. The lowest BCUT2D eigenvalue weighted by atomic mass is 10.1. The normalized spacial score (nSPS) is 13.9. The van der Waals surface area contributed by atoms with Crippen LogP contribution in [-0.4, -0.2) is 58.4 Å². The maximum atomic E-state index is 14.1. The number of benzene rings is 2. The Labute approximate surface area is 210 Å². The number of rotatable bonds is 6. The van der Waals surface area contributed by atoms with E-state index in [0.29, 0.717) is 37.7 Å². The molecule has 1 saturated heterocycles. The number of carbonyl (C=O) groups is 1. The molecule has 4 aromatic rings. The first-order valence-corrected chi connectivity index (χ1v) is 12.3. The highest BCUT2D eigenvalue weighted by molar-refractivity contribution is 5.84. The highest BCUT2D eigenvalue weighted by atomic mass is 19.1. The standard InChI is InChI=1S/C28H30FN5O2/c1-4-21-17-25(30-28-27(21)20(3)31-34(28)22-11-9-19(2)10-12-22)36-18-26(35)33-15-13-32(14-16-33)24-8-6-5-7-23(24)29/h5-12,17H,4,13-16,18H2,1-3H3. The minimum absolute atomic E-state index is 0.0982. The number of ether oxygens (including phenoxy) is 1. The molecule has 0 aliphatic carbocycles. The maximum absolute atomic E-state index is 14.1. The third-order valence-corrected chi connectivity index (χ3v) is 6.70. The van der Waals surface area contributed by atoms with E-state index in [1.54, 1.807) is 17.0 Å². The van der Waals surface area contributed by atoms with E-state index in [-0.39, 0.29) is 18.3 Å². The maximum Gasteiger partial charge on any atom is 0.260 e. The second-order valence-electron chi connectivity index (χ2n) is 9.11. The zero-order valence-electron chi connectivity index (χ0n) is 20.9. The Morgan fingerprint density at radius 2 is 1.75 bits per heavy atom. The Kier molecular flexibility index (Phi) is 6.59. The monoisotopic (exact) mass is 487 g/mol. The number of aryl methyl sites for hydroxylation is 3. The summed E-state index contributed by atoms with van der Waals surface area (Å²) in [6, 6.07) is 16.8. The molecule has 36 heavy (non-hydrogen) atoms. The number of amides is 1. The van der Waals surface area contributed by atoms with Crippen LogP contribution in [0.25, 0.3) is 16.7 Å². The number of piperazine rings is 1. The number of nitrogens with zero attached hydrogens (tertiary/aromatic N) is 5. The quantitative estimate of drug-likeness (QED) is 0.402. The molecule has 0 radical (unpaired) electrons. The SMILES string of the molecule is CCc1cc(OCC(=O)N2CCN(c3ccccc3F)CC2)nc2c1c(C)nn2-c1ccc(C)cc1. The van der Waals surface area contributed by atoms with Crippen molar-refractivity contribution in [1.29, 1.82) is 0 Å². The van der Waals surface area contributed by atoms with Gasteiger partial charge in [0.15, 0.2) is 12.3 Å². The number of carbonyl (C=O) groups excluding carboxylic acids is 1. The molecule has 186 valence electrons. The average molecular weight is 488 g/mol. The number of para-hydroxylation sites is 1. The van der Waals surface area contributed by atoms with Crippen LogP contribution in [0.5, 0.6) is 5.88 Å². The molecule has 0 bridgehead atoms. The molecule has 5 rings (SSSR count). The van der Waals surface area contributed by atoms with Gasteiger partial charge in [0.2, 0.25) is 5.88 Å². The third kappa shape index (κ3) is 4.63. The van der Waals surface area contributed by atoms with Gasteiger partial charge in [-0.15, -0.1) is 0 Å². The van der Waals surface area contributed by atoms with E-state index in [1.165, 1.54) is 11.6 Å². The smallest absolute Gasteiger partial charge is 0.260 e. The van der Waals surface area contributed by atoms with Crippen LogP contribution in [0.3, 0.4) is 0 Å². The second-order valence-corrected chi connectivity index (χ2v) is 9.11. The summed E-state index contributed by atoms with van der Waals surface area (Å²) < 4.78 is 21.8. The molecule has 1 fully saturated rings. The van der Waals surface area contributed by atoms with Gasteiger partial charge in [0.1, 0.15) is 5.82 Å². The summed E-state index contributed by atoms with van der Waals surface area (Å²) in [5, 5.41) is 5.75. The molecule has 2 aromatic heterocycles. The number of fused-ring (bicyclic) bond motifs is 1. The van der Waals surface area contributed by atoms with Crippen LogP contribution in [0.4, 0.5) is 10.1 Å². The molecule has 1 amide bonds. The van der Waals surface area contributed by atoms with Crippen LogP contribution < -0.4 is 9.64 Å². The van der Waals surface area contributed by atoms with Crippen molar-refractivity contribution >= 4 is 22.6 Å². The van der Waals surface area contributed by atoms with Crippen molar-refractivity contribution < 1.29 is 13.9 Å². The van der Waals surface area contributed by atoms with Crippen molar-refractivity contribution in [2.45, 2.75) is 27.2 Å². The Morgan fingerprint density at radius 1 is 1.03 bits per heavy atom. The summed E-state index contributed by atoms with van der Waals surface area (Å²) in [4.78, 5) is 21.4. The van der Waals surface area contributed by atoms with E-state index in [2.05, 4.69) is 6.92 Å². The molecule has 1 aliphatic heterocycles. The van der Waals surface area contributed by atoms with E-state index >= 15 is 0 Å². The molecular weight excluding hydrogens is 457 g/mol. The zero-order valence-corrected chi connectivity index (χ0v) is 20.9. The summed E-state index contributed by atoms with van der Waals surface area (Å²) >= 11 is 0. The molecular formula is C28H30FN5O2. The number of pyridine rings is 1. The predicted octanol–water partition coefficient (Wildman–Crippen LogP) is 4.47. The Morgan fingerprint density at radius 3 is 2.44 bits per heavy atom. The topological polar surface area (TPSA) is 63.5 Å². The first-order valence-electron chi connectivity index (χ1n) is 12.3. The highest BCUT2D eigenvalue weighted by Gasteiger charge is 2.23. The van der Waals surface area contributed by atoms with Crippen LogP contribution >= 0.6 is 0 Å². The molecule has 1 aliphatic rings. The van der Waals surface area contributed by atoms with E-state index in [9.17, 15) is 9.18 Å². The summed E-state index contributed by atoms with van der Waals surface area (Å²) in [5.41, 5.74) is 5.38.